The Labute approximate surface area is 139 Å². The highest BCUT2D eigenvalue weighted by Crippen LogP contribution is 2.28. The standard InChI is InChI=1S/C18H19BrO3/c1-18(2,17(20)21)22-15-10-8-14(9-11-15)16(12-19)13-6-4-3-5-7-13/h3-11,16H,12H2,1-2H3,(H,20,21). The molecule has 116 valence electrons. The molecular formula is C18H19BrO3. The van der Waals surface area contributed by atoms with Crippen molar-refractivity contribution in [2.45, 2.75) is 25.4 Å². The number of hydrogen-bond donors (Lipinski definition) is 1. The number of alkyl halides is 1. The monoisotopic (exact) mass is 362 g/mol. The van der Waals surface area contributed by atoms with E-state index >= 15 is 0 Å². The smallest absolute Gasteiger partial charge is 0.347 e. The average molecular weight is 363 g/mol. The number of carbonyl (C=O) groups is 1. The molecule has 0 aromatic heterocycles. The van der Waals surface area contributed by atoms with E-state index in [0.29, 0.717) is 5.75 Å². The van der Waals surface area contributed by atoms with Crippen LogP contribution in [-0.4, -0.2) is 22.0 Å². The molecule has 0 aliphatic heterocycles. The van der Waals surface area contributed by atoms with Crippen LogP contribution in [0.15, 0.2) is 54.6 Å². The van der Waals surface area contributed by atoms with Crippen LogP contribution in [0.25, 0.3) is 0 Å². The lowest BCUT2D eigenvalue weighted by atomic mass is 9.93. The minimum absolute atomic E-state index is 0.253. The molecule has 0 fully saturated rings. The number of halogens is 1. The molecule has 0 aliphatic rings. The van der Waals surface area contributed by atoms with E-state index < -0.39 is 11.6 Å². The van der Waals surface area contributed by atoms with Crippen molar-refractivity contribution in [1.82, 2.24) is 0 Å². The van der Waals surface area contributed by atoms with E-state index in [9.17, 15) is 4.79 Å². The summed E-state index contributed by atoms with van der Waals surface area (Å²) >= 11 is 3.57. The maximum Gasteiger partial charge on any atom is 0.347 e. The van der Waals surface area contributed by atoms with Crippen molar-refractivity contribution in [3.63, 3.8) is 0 Å². The first-order chi connectivity index (χ1) is 10.4. The number of rotatable bonds is 6. The van der Waals surface area contributed by atoms with E-state index in [1.54, 1.807) is 0 Å². The lowest BCUT2D eigenvalue weighted by molar-refractivity contribution is -0.152. The van der Waals surface area contributed by atoms with Crippen LogP contribution >= 0.6 is 15.9 Å². The minimum atomic E-state index is -1.24. The predicted molar refractivity (Wildman–Crippen MR) is 90.9 cm³/mol. The zero-order valence-corrected chi connectivity index (χ0v) is 14.2. The second kappa shape index (κ2) is 6.97. The van der Waals surface area contributed by atoms with Gasteiger partial charge in [0.15, 0.2) is 5.60 Å². The Morgan fingerprint density at radius 3 is 2.14 bits per heavy atom. The lowest BCUT2D eigenvalue weighted by Crippen LogP contribution is -2.37. The van der Waals surface area contributed by atoms with Crippen molar-refractivity contribution >= 4 is 21.9 Å². The Balaban J connectivity index is 2.19. The predicted octanol–water partition coefficient (Wildman–Crippen LogP) is 4.46. The van der Waals surface area contributed by atoms with Gasteiger partial charge in [0.1, 0.15) is 5.75 Å². The molecule has 1 atom stereocenters. The highest BCUT2D eigenvalue weighted by atomic mass is 79.9. The van der Waals surface area contributed by atoms with Crippen molar-refractivity contribution in [2.75, 3.05) is 5.33 Å². The van der Waals surface area contributed by atoms with E-state index in [1.165, 1.54) is 19.4 Å². The van der Waals surface area contributed by atoms with Gasteiger partial charge >= 0.3 is 5.97 Å². The molecule has 0 spiro atoms. The topological polar surface area (TPSA) is 46.5 Å². The molecule has 0 amide bonds. The SMILES string of the molecule is CC(C)(Oc1ccc(C(CBr)c2ccccc2)cc1)C(=O)O. The van der Waals surface area contributed by atoms with Gasteiger partial charge in [-0.3, -0.25) is 0 Å². The fourth-order valence-electron chi connectivity index (χ4n) is 2.16. The molecule has 0 aliphatic carbocycles. The van der Waals surface area contributed by atoms with Gasteiger partial charge in [-0.1, -0.05) is 58.4 Å². The molecule has 0 heterocycles. The van der Waals surface area contributed by atoms with Gasteiger partial charge in [0, 0.05) is 11.2 Å². The van der Waals surface area contributed by atoms with E-state index in [-0.39, 0.29) is 5.92 Å². The Bertz CT molecular complexity index is 621. The lowest BCUT2D eigenvalue weighted by Gasteiger charge is -2.22. The van der Waals surface area contributed by atoms with Gasteiger partial charge in [-0.05, 0) is 37.1 Å². The molecule has 0 bridgehead atoms. The van der Waals surface area contributed by atoms with Gasteiger partial charge < -0.3 is 9.84 Å². The number of carboxylic acid groups (broad SMARTS) is 1. The Kier molecular flexibility index (Phi) is 5.24. The molecule has 0 radical (unpaired) electrons. The first kappa shape index (κ1) is 16.6. The van der Waals surface area contributed by atoms with Crippen molar-refractivity contribution in [3.8, 4) is 5.75 Å². The fourth-order valence-corrected chi connectivity index (χ4v) is 2.91. The molecule has 2 aromatic rings. The van der Waals surface area contributed by atoms with Crippen LogP contribution in [0.3, 0.4) is 0 Å². The molecule has 0 saturated heterocycles. The van der Waals surface area contributed by atoms with E-state index in [4.69, 9.17) is 9.84 Å². The second-order valence-electron chi connectivity index (χ2n) is 5.60. The van der Waals surface area contributed by atoms with Gasteiger partial charge in [-0.2, -0.15) is 0 Å². The molecule has 0 saturated carbocycles. The number of ether oxygens (including phenoxy) is 1. The summed E-state index contributed by atoms with van der Waals surface area (Å²) in [5, 5.41) is 9.92. The van der Waals surface area contributed by atoms with E-state index in [0.717, 1.165) is 10.9 Å². The third-order valence-corrected chi connectivity index (χ3v) is 4.17. The van der Waals surface area contributed by atoms with Gasteiger partial charge in [-0.25, -0.2) is 4.79 Å². The molecule has 4 heteroatoms. The first-order valence-electron chi connectivity index (χ1n) is 7.07. The highest BCUT2D eigenvalue weighted by molar-refractivity contribution is 9.09. The Morgan fingerprint density at radius 2 is 1.64 bits per heavy atom. The number of benzene rings is 2. The van der Waals surface area contributed by atoms with Crippen LogP contribution in [0.5, 0.6) is 5.75 Å². The number of aliphatic carboxylic acids is 1. The van der Waals surface area contributed by atoms with E-state index in [1.807, 2.05) is 42.5 Å². The maximum atomic E-state index is 11.1. The van der Waals surface area contributed by atoms with Crippen LogP contribution in [0, 0.1) is 0 Å². The third-order valence-electron chi connectivity index (χ3n) is 3.53. The molecule has 1 N–H and O–H groups in total. The zero-order valence-electron chi connectivity index (χ0n) is 12.6. The van der Waals surface area contributed by atoms with Gasteiger partial charge in [0.2, 0.25) is 0 Å². The molecule has 2 rings (SSSR count). The van der Waals surface area contributed by atoms with Gasteiger partial charge in [0.05, 0.1) is 0 Å². The average Bonchev–Trinajstić information content (AvgIpc) is 2.50. The minimum Gasteiger partial charge on any atom is -0.478 e. The van der Waals surface area contributed by atoms with Crippen molar-refractivity contribution in [2.24, 2.45) is 0 Å². The Hall–Kier alpha value is -1.81. The summed E-state index contributed by atoms with van der Waals surface area (Å²) in [6, 6.07) is 17.8. The quantitative estimate of drug-likeness (QED) is 0.771. The molecule has 3 nitrogen and oxygen atoms in total. The second-order valence-corrected chi connectivity index (χ2v) is 6.25. The molecular weight excluding hydrogens is 344 g/mol. The zero-order chi connectivity index (χ0) is 16.2. The summed E-state index contributed by atoms with van der Waals surface area (Å²) in [5.74, 6) is -0.181. The normalized spacial score (nSPS) is 12.7. The number of carboxylic acids is 1. The van der Waals surface area contributed by atoms with Crippen molar-refractivity contribution in [3.05, 3.63) is 65.7 Å². The molecule has 1 unspecified atom stereocenters. The van der Waals surface area contributed by atoms with Gasteiger partial charge in [-0.15, -0.1) is 0 Å². The first-order valence-corrected chi connectivity index (χ1v) is 8.19. The summed E-state index contributed by atoms with van der Waals surface area (Å²) in [6.45, 7) is 3.07. The largest absolute Gasteiger partial charge is 0.478 e. The van der Waals surface area contributed by atoms with E-state index in [2.05, 4.69) is 28.1 Å². The van der Waals surface area contributed by atoms with Crippen LogP contribution < -0.4 is 4.74 Å². The molecule has 2 aromatic carbocycles. The van der Waals surface area contributed by atoms with Crippen LogP contribution in [0.1, 0.15) is 30.9 Å². The summed E-state index contributed by atoms with van der Waals surface area (Å²) < 4.78 is 5.53. The summed E-state index contributed by atoms with van der Waals surface area (Å²) in [4.78, 5) is 11.1. The fraction of sp³-hybridized carbons (Fsp3) is 0.278. The van der Waals surface area contributed by atoms with Crippen LogP contribution in [0.4, 0.5) is 0 Å². The molecule has 22 heavy (non-hydrogen) atoms. The summed E-state index contributed by atoms with van der Waals surface area (Å²) in [6.07, 6.45) is 0. The van der Waals surface area contributed by atoms with Crippen molar-refractivity contribution < 1.29 is 14.6 Å². The van der Waals surface area contributed by atoms with Crippen LogP contribution in [0.2, 0.25) is 0 Å². The summed E-state index contributed by atoms with van der Waals surface area (Å²) in [5.41, 5.74) is 1.15. The Morgan fingerprint density at radius 1 is 1.09 bits per heavy atom. The number of hydrogen-bond acceptors (Lipinski definition) is 2. The summed E-state index contributed by atoms with van der Waals surface area (Å²) in [7, 11) is 0. The van der Waals surface area contributed by atoms with Gasteiger partial charge in [0.25, 0.3) is 0 Å². The maximum absolute atomic E-state index is 11.1. The van der Waals surface area contributed by atoms with Crippen molar-refractivity contribution in [1.29, 1.82) is 0 Å². The van der Waals surface area contributed by atoms with Crippen LogP contribution in [-0.2, 0) is 4.79 Å². The highest BCUT2D eigenvalue weighted by Gasteiger charge is 2.29. The third kappa shape index (κ3) is 3.89.